The van der Waals surface area contributed by atoms with Gasteiger partial charge in [0.2, 0.25) is 5.91 Å². The molecule has 0 aliphatic carbocycles. The van der Waals surface area contributed by atoms with Crippen molar-refractivity contribution in [1.29, 1.82) is 0 Å². The zero-order chi connectivity index (χ0) is 32.0. The van der Waals surface area contributed by atoms with Crippen molar-refractivity contribution in [1.82, 2.24) is 20.3 Å². The van der Waals surface area contributed by atoms with Crippen molar-refractivity contribution in [3.63, 3.8) is 0 Å². The summed E-state index contributed by atoms with van der Waals surface area (Å²) in [6, 6.07) is 7.18. The number of anilines is 1. The van der Waals surface area contributed by atoms with E-state index in [1.165, 1.54) is 0 Å². The van der Waals surface area contributed by atoms with Gasteiger partial charge in [-0.15, -0.1) is 0 Å². The highest BCUT2D eigenvalue weighted by molar-refractivity contribution is 5.85. The Labute approximate surface area is 259 Å². The first-order valence-electron chi connectivity index (χ1n) is 15.2. The molecule has 1 atom stereocenters. The molecule has 2 aromatic carbocycles. The van der Waals surface area contributed by atoms with E-state index in [0.29, 0.717) is 81.0 Å². The third-order valence-electron chi connectivity index (χ3n) is 9.02. The van der Waals surface area contributed by atoms with Crippen LogP contribution in [0.5, 0.6) is 5.75 Å². The Kier molecular flexibility index (Phi) is 10.7. The second-order valence-corrected chi connectivity index (χ2v) is 11.7. The van der Waals surface area contributed by atoms with Gasteiger partial charge in [0.05, 0.1) is 31.3 Å². The maximum atomic E-state index is 16.5. The summed E-state index contributed by atoms with van der Waals surface area (Å²) in [5, 5.41) is 13.2. The molecule has 9 nitrogen and oxygen atoms in total. The summed E-state index contributed by atoms with van der Waals surface area (Å²) >= 11 is 0. The molecule has 3 heterocycles. The molecule has 1 unspecified atom stereocenters. The number of nitrogens with zero attached hydrogens (tertiary/aromatic N) is 3. The summed E-state index contributed by atoms with van der Waals surface area (Å²) in [6.07, 6.45) is 1.37. The lowest BCUT2D eigenvalue weighted by molar-refractivity contribution is -0.143. The number of fused-ring (bicyclic) bond motifs is 1. The number of hydrogen-bond acceptors (Lipinski definition) is 8. The number of carbonyl (C=O) groups is 1. The van der Waals surface area contributed by atoms with Crippen molar-refractivity contribution in [3.8, 4) is 5.75 Å². The smallest absolute Gasteiger partial charge is 0.249 e. The van der Waals surface area contributed by atoms with E-state index in [0.717, 1.165) is 30.8 Å². The van der Waals surface area contributed by atoms with Crippen molar-refractivity contribution in [2.45, 2.75) is 38.4 Å². The van der Waals surface area contributed by atoms with Gasteiger partial charge in [-0.1, -0.05) is 0 Å². The van der Waals surface area contributed by atoms with Gasteiger partial charge in [-0.3, -0.25) is 19.9 Å². The van der Waals surface area contributed by atoms with Crippen LogP contribution < -0.4 is 15.5 Å². The fraction of sp³-hybridized carbons (Fsp3) is 0.500. The van der Waals surface area contributed by atoms with Crippen molar-refractivity contribution in [2.24, 2.45) is 5.41 Å². The lowest BCUT2D eigenvalue weighted by Crippen LogP contribution is -2.49. The number of hydroxylamine groups is 1. The molecule has 2 aliphatic heterocycles. The first-order chi connectivity index (χ1) is 21.7. The largest absolute Gasteiger partial charge is 0.497 e. The van der Waals surface area contributed by atoms with E-state index in [4.69, 9.17) is 9.47 Å². The van der Waals surface area contributed by atoms with Gasteiger partial charge in [0.25, 0.3) is 0 Å². The number of amides is 1. The molecule has 2 aliphatic rings. The molecule has 0 bridgehead atoms. The van der Waals surface area contributed by atoms with Crippen molar-refractivity contribution < 1.29 is 37.0 Å². The highest BCUT2D eigenvalue weighted by atomic mass is 19.2. The molecule has 3 N–H and O–H groups in total. The number of halogens is 4. The van der Waals surface area contributed by atoms with Crippen LogP contribution in [0.1, 0.15) is 43.0 Å². The van der Waals surface area contributed by atoms with E-state index < -0.39 is 34.9 Å². The lowest BCUT2D eigenvalue weighted by Gasteiger charge is -2.40. The topological polar surface area (TPSA) is 99.2 Å². The Morgan fingerprint density at radius 2 is 1.80 bits per heavy atom. The highest BCUT2D eigenvalue weighted by Crippen LogP contribution is 2.41. The number of ether oxygens (including phenoxy) is 2. The fourth-order valence-corrected chi connectivity index (χ4v) is 6.33. The summed E-state index contributed by atoms with van der Waals surface area (Å²) in [5.74, 6) is -4.01. The number of rotatable bonds is 12. The summed E-state index contributed by atoms with van der Waals surface area (Å²) in [6.45, 7) is 5.02. The fourth-order valence-electron chi connectivity index (χ4n) is 6.33. The zero-order valence-electron chi connectivity index (χ0n) is 25.3. The maximum absolute atomic E-state index is 16.5. The number of aromatic nitrogens is 1. The number of pyridine rings is 1. The van der Waals surface area contributed by atoms with Gasteiger partial charge in [-0.05, 0) is 62.5 Å². The normalized spacial score (nSPS) is 18.1. The molecule has 0 radical (unpaired) electrons. The average molecular weight is 634 g/mol. The number of piperidine rings is 1. The summed E-state index contributed by atoms with van der Waals surface area (Å²) in [7, 11) is 1.56. The van der Waals surface area contributed by atoms with Crippen molar-refractivity contribution in [3.05, 3.63) is 65.1 Å². The first kappa shape index (κ1) is 32.9. The van der Waals surface area contributed by atoms with Gasteiger partial charge in [-0.2, -0.15) is 0 Å². The van der Waals surface area contributed by atoms with E-state index in [-0.39, 0.29) is 18.5 Å². The predicted octanol–water partition coefficient (Wildman–Crippen LogP) is 4.98. The predicted molar refractivity (Wildman–Crippen MR) is 160 cm³/mol. The van der Waals surface area contributed by atoms with Crippen molar-refractivity contribution >= 4 is 22.5 Å². The highest BCUT2D eigenvalue weighted by Gasteiger charge is 2.41. The van der Waals surface area contributed by atoms with E-state index >= 15 is 4.39 Å². The van der Waals surface area contributed by atoms with Gasteiger partial charge in [0.1, 0.15) is 11.9 Å². The first-order valence-corrected chi connectivity index (χ1v) is 15.2. The molecule has 13 heteroatoms. The van der Waals surface area contributed by atoms with Crippen LogP contribution in [0, 0.1) is 22.9 Å². The van der Waals surface area contributed by atoms with Crippen LogP contribution in [-0.4, -0.2) is 85.5 Å². The molecule has 1 aromatic heterocycles. The van der Waals surface area contributed by atoms with Gasteiger partial charge in [-0.25, -0.2) is 23.0 Å². The van der Waals surface area contributed by atoms with Crippen LogP contribution in [0.15, 0.2) is 36.5 Å². The minimum atomic E-state index is -1.52. The maximum Gasteiger partial charge on any atom is 0.249 e. The summed E-state index contributed by atoms with van der Waals surface area (Å²) in [5.41, 5.74) is 2.91. The van der Waals surface area contributed by atoms with Gasteiger partial charge in [0, 0.05) is 67.7 Å². The lowest BCUT2D eigenvalue weighted by atomic mass is 9.73. The van der Waals surface area contributed by atoms with Crippen LogP contribution in [0.25, 0.3) is 10.9 Å². The van der Waals surface area contributed by atoms with Gasteiger partial charge in [0.15, 0.2) is 17.5 Å². The Hall–Kier alpha value is -3.52. The van der Waals surface area contributed by atoms with Crippen LogP contribution in [-0.2, 0) is 16.1 Å². The number of carbonyl (C=O) groups excluding carboxylic acids is 1. The number of hydrogen-bond donors (Lipinski definition) is 3. The molecule has 244 valence electrons. The standard InChI is InChI=1S/C32H39F4N5O4/c1-44-23-2-3-28-24(18-23)29(21(19-38-28)20-41-12-14-45-15-13-41)25(33)4-5-32(31(42)39-43)6-9-40(10-7-32)11-8-37-22-16-26(34)30(36)27(35)17-22/h2-3,16-19,25,37,43H,4-15,20H2,1H3,(H,39,42). The van der Waals surface area contributed by atoms with E-state index in [1.54, 1.807) is 37.0 Å². The SMILES string of the molecule is COc1ccc2ncc(CN3CCOCC3)c(C(F)CCC3(C(=O)NO)CCN(CCNc4cc(F)c(F)c(F)c4)CC3)c2c1. The molecule has 45 heavy (non-hydrogen) atoms. The second kappa shape index (κ2) is 14.7. The Balaban J connectivity index is 1.27. The van der Waals surface area contributed by atoms with Crippen molar-refractivity contribution in [2.75, 3.05) is 64.9 Å². The van der Waals surface area contributed by atoms with E-state index in [1.807, 2.05) is 0 Å². The van der Waals surface area contributed by atoms with Crippen LogP contribution >= 0.6 is 0 Å². The van der Waals surface area contributed by atoms with Crippen LogP contribution in [0.3, 0.4) is 0 Å². The molecule has 0 spiro atoms. The number of morpholine rings is 1. The Bertz CT molecular complexity index is 1460. The number of methoxy groups -OCH3 is 1. The molecular weight excluding hydrogens is 594 g/mol. The molecule has 2 saturated heterocycles. The molecular formula is C32H39F4N5O4. The summed E-state index contributed by atoms with van der Waals surface area (Å²) in [4.78, 5) is 21.9. The Morgan fingerprint density at radius 1 is 1.09 bits per heavy atom. The molecule has 1 amide bonds. The van der Waals surface area contributed by atoms with Crippen LogP contribution in [0.2, 0.25) is 0 Å². The van der Waals surface area contributed by atoms with Gasteiger partial charge < -0.3 is 19.7 Å². The van der Waals surface area contributed by atoms with Gasteiger partial charge >= 0.3 is 0 Å². The summed E-state index contributed by atoms with van der Waals surface area (Å²) < 4.78 is 67.7. The second-order valence-electron chi connectivity index (χ2n) is 11.7. The molecule has 0 saturated carbocycles. The quantitative estimate of drug-likeness (QED) is 0.111. The Morgan fingerprint density at radius 3 is 2.47 bits per heavy atom. The van der Waals surface area contributed by atoms with E-state index in [9.17, 15) is 23.2 Å². The monoisotopic (exact) mass is 633 g/mol. The van der Waals surface area contributed by atoms with Crippen LogP contribution in [0.4, 0.5) is 23.2 Å². The van der Waals surface area contributed by atoms with E-state index in [2.05, 4.69) is 20.1 Å². The number of benzene rings is 2. The number of alkyl halides is 1. The molecule has 5 rings (SSSR count). The third-order valence-corrected chi connectivity index (χ3v) is 9.02. The zero-order valence-corrected chi connectivity index (χ0v) is 25.3. The minimum Gasteiger partial charge on any atom is -0.497 e. The number of likely N-dealkylation sites (tertiary alicyclic amines) is 1. The molecule has 2 fully saturated rings. The molecule has 3 aromatic rings. The number of nitrogens with one attached hydrogen (secondary N) is 2. The third kappa shape index (κ3) is 7.66. The minimum absolute atomic E-state index is 0.0586. The average Bonchev–Trinajstić information content (AvgIpc) is 3.06.